The SMILES string of the molecule is CCOCC(C)Nc1ccc(OC)c(Br)c1. The standard InChI is InChI=1S/C12H18BrNO2/c1-4-16-8-9(2)14-10-5-6-12(15-3)11(13)7-10/h5-7,9,14H,4,8H2,1-3H3. The van der Waals surface area contributed by atoms with Gasteiger partial charge in [-0.2, -0.15) is 0 Å². The minimum atomic E-state index is 0.292. The van der Waals surface area contributed by atoms with Gasteiger partial charge < -0.3 is 14.8 Å². The first-order chi connectivity index (χ1) is 7.67. The Morgan fingerprint density at radius 3 is 2.75 bits per heavy atom. The van der Waals surface area contributed by atoms with E-state index in [1.165, 1.54) is 0 Å². The van der Waals surface area contributed by atoms with Crippen molar-refractivity contribution in [3.8, 4) is 5.75 Å². The first-order valence-electron chi connectivity index (χ1n) is 5.35. The molecule has 0 aliphatic heterocycles. The average Bonchev–Trinajstić information content (AvgIpc) is 2.26. The number of hydrogen-bond donors (Lipinski definition) is 1. The summed E-state index contributed by atoms with van der Waals surface area (Å²) in [5, 5.41) is 3.36. The van der Waals surface area contributed by atoms with E-state index in [-0.39, 0.29) is 0 Å². The third-order valence-electron chi connectivity index (χ3n) is 2.14. The van der Waals surface area contributed by atoms with Crippen LogP contribution in [0.1, 0.15) is 13.8 Å². The summed E-state index contributed by atoms with van der Waals surface area (Å²) >= 11 is 3.45. The molecule has 0 aromatic heterocycles. The number of anilines is 1. The molecule has 0 aliphatic rings. The molecule has 0 fully saturated rings. The van der Waals surface area contributed by atoms with Crippen LogP contribution >= 0.6 is 15.9 Å². The lowest BCUT2D eigenvalue weighted by Gasteiger charge is -2.15. The maximum atomic E-state index is 5.34. The van der Waals surface area contributed by atoms with Crippen LogP contribution in [0.3, 0.4) is 0 Å². The zero-order valence-electron chi connectivity index (χ0n) is 9.92. The van der Waals surface area contributed by atoms with E-state index in [1.54, 1.807) is 7.11 Å². The molecule has 4 heteroatoms. The Kier molecular flexibility index (Phi) is 5.63. The predicted octanol–water partition coefficient (Wildman–Crippen LogP) is 3.29. The molecule has 0 radical (unpaired) electrons. The molecule has 0 saturated heterocycles. The first-order valence-corrected chi connectivity index (χ1v) is 6.14. The Morgan fingerprint density at radius 2 is 2.19 bits per heavy atom. The van der Waals surface area contributed by atoms with Crippen LogP contribution in [0.5, 0.6) is 5.75 Å². The fourth-order valence-electron chi connectivity index (χ4n) is 1.38. The summed E-state index contributed by atoms with van der Waals surface area (Å²) in [6, 6.07) is 6.22. The number of rotatable bonds is 6. The van der Waals surface area contributed by atoms with Crippen LogP contribution < -0.4 is 10.1 Å². The normalized spacial score (nSPS) is 12.2. The van der Waals surface area contributed by atoms with Crippen LogP contribution in [-0.4, -0.2) is 26.4 Å². The summed E-state index contributed by atoms with van der Waals surface area (Å²) in [6.07, 6.45) is 0. The van der Waals surface area contributed by atoms with Crippen molar-refractivity contribution in [3.05, 3.63) is 22.7 Å². The zero-order valence-corrected chi connectivity index (χ0v) is 11.5. The first kappa shape index (κ1) is 13.3. The van der Waals surface area contributed by atoms with E-state index in [1.807, 2.05) is 25.1 Å². The Morgan fingerprint density at radius 1 is 1.44 bits per heavy atom. The van der Waals surface area contributed by atoms with Gasteiger partial charge in [0.05, 0.1) is 18.2 Å². The van der Waals surface area contributed by atoms with Crippen molar-refractivity contribution in [2.75, 3.05) is 25.6 Å². The van der Waals surface area contributed by atoms with Gasteiger partial charge in [-0.05, 0) is 48.0 Å². The maximum Gasteiger partial charge on any atom is 0.133 e. The minimum Gasteiger partial charge on any atom is -0.496 e. The molecule has 0 bridgehead atoms. The molecular formula is C12H18BrNO2. The van der Waals surface area contributed by atoms with Gasteiger partial charge in [0.1, 0.15) is 5.75 Å². The second-order valence-electron chi connectivity index (χ2n) is 3.55. The molecule has 0 amide bonds. The van der Waals surface area contributed by atoms with Crippen LogP contribution in [0.4, 0.5) is 5.69 Å². The summed E-state index contributed by atoms with van der Waals surface area (Å²) in [7, 11) is 1.66. The highest BCUT2D eigenvalue weighted by Crippen LogP contribution is 2.27. The lowest BCUT2D eigenvalue weighted by molar-refractivity contribution is 0.141. The monoisotopic (exact) mass is 287 g/mol. The van der Waals surface area contributed by atoms with Gasteiger partial charge in [0.15, 0.2) is 0 Å². The quantitative estimate of drug-likeness (QED) is 0.871. The van der Waals surface area contributed by atoms with Gasteiger partial charge in [-0.25, -0.2) is 0 Å². The largest absolute Gasteiger partial charge is 0.496 e. The minimum absolute atomic E-state index is 0.292. The van der Waals surface area contributed by atoms with Crippen LogP contribution in [-0.2, 0) is 4.74 Å². The molecule has 1 aromatic carbocycles. The zero-order chi connectivity index (χ0) is 12.0. The van der Waals surface area contributed by atoms with Gasteiger partial charge in [0.25, 0.3) is 0 Å². The van der Waals surface area contributed by atoms with Gasteiger partial charge in [-0.1, -0.05) is 0 Å². The fourth-order valence-corrected chi connectivity index (χ4v) is 1.92. The van der Waals surface area contributed by atoms with Crippen molar-refractivity contribution in [3.63, 3.8) is 0 Å². The van der Waals surface area contributed by atoms with Crippen LogP contribution in [0, 0.1) is 0 Å². The summed E-state index contributed by atoms with van der Waals surface area (Å²) in [6.45, 7) is 5.54. The van der Waals surface area contributed by atoms with Crippen molar-refractivity contribution in [1.82, 2.24) is 0 Å². The lowest BCUT2D eigenvalue weighted by atomic mass is 10.2. The molecule has 0 saturated carbocycles. The van der Waals surface area contributed by atoms with Crippen molar-refractivity contribution in [2.24, 2.45) is 0 Å². The smallest absolute Gasteiger partial charge is 0.133 e. The number of halogens is 1. The van der Waals surface area contributed by atoms with Crippen LogP contribution in [0.15, 0.2) is 22.7 Å². The number of ether oxygens (including phenoxy) is 2. The second-order valence-corrected chi connectivity index (χ2v) is 4.41. The molecule has 0 aliphatic carbocycles. The molecule has 1 N–H and O–H groups in total. The third kappa shape index (κ3) is 4.02. The average molecular weight is 288 g/mol. The van der Waals surface area contributed by atoms with Gasteiger partial charge in [-0.3, -0.25) is 0 Å². The second kappa shape index (κ2) is 6.76. The number of methoxy groups -OCH3 is 1. The van der Waals surface area contributed by atoms with Gasteiger partial charge in [0, 0.05) is 18.3 Å². The Bertz CT molecular complexity index is 331. The maximum absolute atomic E-state index is 5.34. The molecule has 90 valence electrons. The predicted molar refractivity (Wildman–Crippen MR) is 70.3 cm³/mol. The highest BCUT2D eigenvalue weighted by molar-refractivity contribution is 9.10. The highest BCUT2D eigenvalue weighted by Gasteiger charge is 2.04. The molecule has 1 atom stereocenters. The van der Waals surface area contributed by atoms with E-state index in [4.69, 9.17) is 9.47 Å². The molecule has 0 spiro atoms. The van der Waals surface area contributed by atoms with E-state index in [0.717, 1.165) is 22.5 Å². The number of nitrogens with one attached hydrogen (secondary N) is 1. The number of benzene rings is 1. The molecule has 1 unspecified atom stereocenters. The molecular weight excluding hydrogens is 270 g/mol. The Hall–Kier alpha value is -0.740. The van der Waals surface area contributed by atoms with Crippen molar-refractivity contribution in [1.29, 1.82) is 0 Å². The molecule has 1 aromatic rings. The number of hydrogen-bond acceptors (Lipinski definition) is 3. The Labute approximate surface area is 105 Å². The molecule has 1 rings (SSSR count). The Balaban J connectivity index is 2.57. The van der Waals surface area contributed by atoms with E-state index < -0.39 is 0 Å². The van der Waals surface area contributed by atoms with Gasteiger partial charge in [-0.15, -0.1) is 0 Å². The van der Waals surface area contributed by atoms with Gasteiger partial charge >= 0.3 is 0 Å². The van der Waals surface area contributed by atoms with Crippen molar-refractivity contribution >= 4 is 21.6 Å². The summed E-state index contributed by atoms with van der Waals surface area (Å²) in [5.74, 6) is 0.836. The lowest BCUT2D eigenvalue weighted by Crippen LogP contribution is -2.21. The van der Waals surface area contributed by atoms with Crippen molar-refractivity contribution < 1.29 is 9.47 Å². The van der Waals surface area contributed by atoms with E-state index >= 15 is 0 Å². The van der Waals surface area contributed by atoms with E-state index in [2.05, 4.69) is 28.2 Å². The topological polar surface area (TPSA) is 30.5 Å². The summed E-state index contributed by atoms with van der Waals surface area (Å²) in [5.41, 5.74) is 1.06. The van der Waals surface area contributed by atoms with E-state index in [9.17, 15) is 0 Å². The molecule has 16 heavy (non-hydrogen) atoms. The van der Waals surface area contributed by atoms with E-state index in [0.29, 0.717) is 12.6 Å². The van der Waals surface area contributed by atoms with Crippen LogP contribution in [0.2, 0.25) is 0 Å². The highest BCUT2D eigenvalue weighted by atomic mass is 79.9. The molecule has 0 heterocycles. The van der Waals surface area contributed by atoms with Crippen molar-refractivity contribution in [2.45, 2.75) is 19.9 Å². The third-order valence-corrected chi connectivity index (χ3v) is 2.76. The molecule has 3 nitrogen and oxygen atoms in total. The van der Waals surface area contributed by atoms with Gasteiger partial charge in [0.2, 0.25) is 0 Å². The fraction of sp³-hybridized carbons (Fsp3) is 0.500. The van der Waals surface area contributed by atoms with Crippen LogP contribution in [0.25, 0.3) is 0 Å². The summed E-state index contributed by atoms with van der Waals surface area (Å²) < 4.78 is 11.5. The summed E-state index contributed by atoms with van der Waals surface area (Å²) in [4.78, 5) is 0.